The Kier molecular flexibility index (Phi) is 4.50. The molecule has 0 bridgehead atoms. The number of ether oxygens (including phenoxy) is 1. The van der Waals surface area contributed by atoms with Crippen molar-refractivity contribution in [2.24, 2.45) is 0 Å². The maximum atomic E-state index is 12.0. The largest absolute Gasteiger partial charge is 0.484 e. The summed E-state index contributed by atoms with van der Waals surface area (Å²) in [7, 11) is 0. The molecular weight excluding hydrogens is 308 g/mol. The summed E-state index contributed by atoms with van der Waals surface area (Å²) < 4.78 is 5.55. The number of hydrogen-bond donors (Lipinski definition) is 2. The molecule has 7 nitrogen and oxygen atoms in total. The van der Waals surface area contributed by atoms with Gasteiger partial charge in [0.1, 0.15) is 5.75 Å². The minimum absolute atomic E-state index is 0.110. The van der Waals surface area contributed by atoms with Crippen LogP contribution in [-0.2, 0) is 9.59 Å². The molecule has 0 spiro atoms. The first-order valence-corrected chi connectivity index (χ1v) is 7.89. The summed E-state index contributed by atoms with van der Waals surface area (Å²) in [6.45, 7) is 4.27. The first-order valence-electron chi connectivity index (χ1n) is 7.89. The molecule has 7 heteroatoms. The second-order valence-corrected chi connectivity index (χ2v) is 5.79. The van der Waals surface area contributed by atoms with Crippen LogP contribution in [0.5, 0.6) is 5.75 Å². The van der Waals surface area contributed by atoms with E-state index >= 15 is 0 Å². The van der Waals surface area contributed by atoms with Crippen molar-refractivity contribution in [2.45, 2.75) is 26.7 Å². The number of H-pyrrole nitrogens is 1. The number of hydrogen-bond acceptors (Lipinski definition) is 4. The Morgan fingerprint density at radius 1 is 1.42 bits per heavy atom. The minimum atomic E-state index is -0.259. The second-order valence-electron chi connectivity index (χ2n) is 5.79. The number of aryl methyl sites for hydroxylation is 2. The van der Waals surface area contributed by atoms with Crippen LogP contribution in [0.15, 0.2) is 24.3 Å². The van der Waals surface area contributed by atoms with Crippen molar-refractivity contribution in [1.82, 2.24) is 10.2 Å². The van der Waals surface area contributed by atoms with Gasteiger partial charge in [-0.2, -0.15) is 5.10 Å². The fourth-order valence-corrected chi connectivity index (χ4v) is 2.72. The Labute approximate surface area is 140 Å². The van der Waals surface area contributed by atoms with Gasteiger partial charge in [-0.05, 0) is 32.4 Å². The molecule has 1 aromatic heterocycles. The van der Waals surface area contributed by atoms with E-state index in [1.165, 1.54) is 0 Å². The lowest BCUT2D eigenvalue weighted by Crippen LogP contribution is -2.24. The average molecular weight is 328 g/mol. The van der Waals surface area contributed by atoms with Crippen LogP contribution in [0.1, 0.15) is 24.2 Å². The van der Waals surface area contributed by atoms with Gasteiger partial charge in [-0.3, -0.25) is 14.7 Å². The highest BCUT2D eigenvalue weighted by Crippen LogP contribution is 2.25. The van der Waals surface area contributed by atoms with Gasteiger partial charge in [0.05, 0.1) is 17.1 Å². The second kappa shape index (κ2) is 6.74. The number of anilines is 2. The molecule has 1 aliphatic rings. The first kappa shape index (κ1) is 16.0. The molecule has 0 radical (unpaired) electrons. The zero-order chi connectivity index (χ0) is 17.1. The molecule has 24 heavy (non-hydrogen) atoms. The van der Waals surface area contributed by atoms with Crippen molar-refractivity contribution in [3.63, 3.8) is 0 Å². The lowest BCUT2D eigenvalue weighted by atomic mass is 10.3. The molecule has 2 amide bonds. The number of carbonyl (C=O) groups is 2. The number of aromatic amines is 1. The van der Waals surface area contributed by atoms with Crippen LogP contribution in [0.3, 0.4) is 0 Å². The van der Waals surface area contributed by atoms with Gasteiger partial charge in [0.15, 0.2) is 6.61 Å². The molecule has 2 heterocycles. The predicted molar refractivity (Wildman–Crippen MR) is 90.2 cm³/mol. The molecular formula is C17H20N4O3. The van der Waals surface area contributed by atoms with Crippen molar-refractivity contribution in [3.05, 3.63) is 35.7 Å². The smallest absolute Gasteiger partial charge is 0.262 e. The number of amides is 2. The van der Waals surface area contributed by atoms with E-state index in [1.807, 2.05) is 26.0 Å². The van der Waals surface area contributed by atoms with Crippen molar-refractivity contribution in [3.8, 4) is 5.75 Å². The molecule has 0 aliphatic carbocycles. The number of nitrogens with one attached hydrogen (secondary N) is 2. The Bertz CT molecular complexity index is 749. The van der Waals surface area contributed by atoms with Crippen molar-refractivity contribution in [1.29, 1.82) is 0 Å². The van der Waals surface area contributed by atoms with E-state index in [-0.39, 0.29) is 18.4 Å². The van der Waals surface area contributed by atoms with Gasteiger partial charge in [-0.1, -0.05) is 6.07 Å². The average Bonchev–Trinajstić information content (AvgIpc) is 3.14. The molecule has 1 fully saturated rings. The van der Waals surface area contributed by atoms with Gasteiger partial charge >= 0.3 is 0 Å². The minimum Gasteiger partial charge on any atom is -0.484 e. The van der Waals surface area contributed by atoms with E-state index in [1.54, 1.807) is 17.0 Å². The molecule has 1 aromatic carbocycles. The van der Waals surface area contributed by atoms with E-state index in [0.717, 1.165) is 30.0 Å². The topological polar surface area (TPSA) is 87.3 Å². The summed E-state index contributed by atoms with van der Waals surface area (Å²) in [4.78, 5) is 25.6. The van der Waals surface area contributed by atoms with Crippen LogP contribution in [0, 0.1) is 13.8 Å². The monoisotopic (exact) mass is 328 g/mol. The van der Waals surface area contributed by atoms with Gasteiger partial charge in [0.25, 0.3) is 5.91 Å². The Balaban J connectivity index is 1.60. The molecule has 0 atom stereocenters. The highest BCUT2D eigenvalue weighted by Gasteiger charge is 2.21. The Hall–Kier alpha value is -2.83. The van der Waals surface area contributed by atoms with Gasteiger partial charge in [0.2, 0.25) is 5.91 Å². The number of carbonyl (C=O) groups excluding carboxylic acids is 2. The summed E-state index contributed by atoms with van der Waals surface area (Å²) in [5, 5.41) is 9.63. The van der Waals surface area contributed by atoms with Crippen molar-refractivity contribution in [2.75, 3.05) is 23.4 Å². The van der Waals surface area contributed by atoms with Crippen LogP contribution in [0.25, 0.3) is 0 Å². The maximum Gasteiger partial charge on any atom is 0.262 e. The quantitative estimate of drug-likeness (QED) is 0.880. The normalized spacial score (nSPS) is 14.1. The summed E-state index contributed by atoms with van der Waals surface area (Å²) in [5.74, 6) is 0.420. The van der Waals surface area contributed by atoms with Gasteiger partial charge < -0.3 is 15.0 Å². The van der Waals surface area contributed by atoms with E-state index in [0.29, 0.717) is 17.9 Å². The molecule has 2 aromatic rings. The van der Waals surface area contributed by atoms with Crippen LogP contribution >= 0.6 is 0 Å². The Morgan fingerprint density at radius 2 is 2.25 bits per heavy atom. The van der Waals surface area contributed by atoms with Crippen molar-refractivity contribution < 1.29 is 14.3 Å². The third-order valence-electron chi connectivity index (χ3n) is 3.97. The number of rotatable bonds is 5. The van der Waals surface area contributed by atoms with Crippen LogP contribution < -0.4 is 15.0 Å². The zero-order valence-corrected chi connectivity index (χ0v) is 13.8. The zero-order valence-electron chi connectivity index (χ0n) is 13.8. The third-order valence-corrected chi connectivity index (χ3v) is 3.97. The van der Waals surface area contributed by atoms with E-state index in [4.69, 9.17) is 4.74 Å². The molecule has 0 saturated carbocycles. The summed E-state index contributed by atoms with van der Waals surface area (Å²) in [6.07, 6.45) is 1.45. The number of nitrogens with zero attached hydrogens (tertiary/aromatic N) is 2. The highest BCUT2D eigenvalue weighted by molar-refractivity contribution is 5.95. The SMILES string of the molecule is Cc1n[nH]c(C)c1NC(=O)COc1cccc(N2CCCC2=O)c1. The summed E-state index contributed by atoms with van der Waals surface area (Å²) in [6, 6.07) is 7.24. The third kappa shape index (κ3) is 3.40. The van der Waals surface area contributed by atoms with Gasteiger partial charge in [-0.25, -0.2) is 0 Å². The molecule has 1 aliphatic heterocycles. The summed E-state index contributed by atoms with van der Waals surface area (Å²) in [5.41, 5.74) is 3.02. The van der Waals surface area contributed by atoms with Crippen LogP contribution in [0.4, 0.5) is 11.4 Å². The first-order chi connectivity index (χ1) is 11.5. The highest BCUT2D eigenvalue weighted by atomic mass is 16.5. The molecule has 126 valence electrons. The van der Waals surface area contributed by atoms with Crippen LogP contribution in [0.2, 0.25) is 0 Å². The molecule has 1 saturated heterocycles. The van der Waals surface area contributed by atoms with Crippen LogP contribution in [-0.4, -0.2) is 35.2 Å². The van der Waals surface area contributed by atoms with E-state index in [2.05, 4.69) is 15.5 Å². The Morgan fingerprint density at radius 3 is 2.92 bits per heavy atom. The number of aromatic nitrogens is 2. The van der Waals surface area contributed by atoms with E-state index in [9.17, 15) is 9.59 Å². The van der Waals surface area contributed by atoms with Gasteiger partial charge in [0, 0.05) is 24.7 Å². The van der Waals surface area contributed by atoms with E-state index < -0.39 is 0 Å². The maximum absolute atomic E-state index is 12.0. The standard InChI is InChI=1S/C17H20N4O3/c1-11-17(12(2)20-19-11)18-15(22)10-24-14-6-3-5-13(9-14)21-8-4-7-16(21)23/h3,5-6,9H,4,7-8,10H2,1-2H3,(H,18,22)(H,19,20). The fraction of sp³-hybridized carbons (Fsp3) is 0.353. The van der Waals surface area contributed by atoms with Gasteiger partial charge in [-0.15, -0.1) is 0 Å². The van der Waals surface area contributed by atoms with Crippen molar-refractivity contribution >= 4 is 23.2 Å². The number of benzene rings is 1. The fourth-order valence-electron chi connectivity index (χ4n) is 2.72. The molecule has 2 N–H and O–H groups in total. The lowest BCUT2D eigenvalue weighted by molar-refractivity contribution is -0.118. The predicted octanol–water partition coefficient (Wildman–Crippen LogP) is 2.17. The lowest BCUT2D eigenvalue weighted by Gasteiger charge is -2.16. The molecule has 3 rings (SSSR count). The molecule has 0 unspecified atom stereocenters. The summed E-state index contributed by atoms with van der Waals surface area (Å²) >= 11 is 0.